The molecule has 1 heterocycles. The van der Waals surface area contributed by atoms with Gasteiger partial charge in [-0.15, -0.1) is 0 Å². The van der Waals surface area contributed by atoms with Crippen LogP contribution in [0.15, 0.2) is 18.2 Å². The van der Waals surface area contributed by atoms with Crippen molar-refractivity contribution in [3.05, 3.63) is 34.9 Å². The van der Waals surface area contributed by atoms with Crippen molar-refractivity contribution in [2.24, 2.45) is 0 Å². The molecule has 1 amide bonds. The normalized spacial score (nSPS) is 27.0. The minimum Gasteiger partial charge on any atom is -0.354 e. The van der Waals surface area contributed by atoms with E-state index in [1.165, 1.54) is 16.7 Å². The Bertz CT molecular complexity index is 456. The average Bonchev–Trinajstić information content (AvgIpc) is 2.87. The number of carbonyl (C=O) groups excluding carboxylic acids is 1. The van der Waals surface area contributed by atoms with Gasteiger partial charge in [-0.25, -0.2) is 0 Å². The van der Waals surface area contributed by atoms with Gasteiger partial charge in [0.05, 0.1) is 0 Å². The van der Waals surface area contributed by atoms with Crippen LogP contribution < -0.4 is 10.6 Å². The second-order valence-corrected chi connectivity index (χ2v) is 5.17. The molecule has 0 aromatic heterocycles. The molecule has 0 radical (unpaired) electrons. The molecule has 0 spiro atoms. The first-order chi connectivity index (χ1) is 8.22. The molecule has 1 fully saturated rings. The maximum absolute atomic E-state index is 11.2. The number of hydrogen-bond acceptors (Lipinski definition) is 2. The summed E-state index contributed by atoms with van der Waals surface area (Å²) in [5, 5.41) is 6.49. The fourth-order valence-corrected chi connectivity index (χ4v) is 2.90. The smallest absolute Gasteiger partial charge is 0.221 e. The highest BCUT2D eigenvalue weighted by molar-refractivity contribution is 5.78. The Morgan fingerprint density at radius 3 is 3.06 bits per heavy atom. The third-order valence-corrected chi connectivity index (χ3v) is 3.79. The molecule has 2 unspecified atom stereocenters. The van der Waals surface area contributed by atoms with Crippen molar-refractivity contribution < 1.29 is 4.79 Å². The van der Waals surface area contributed by atoms with Gasteiger partial charge in [-0.2, -0.15) is 0 Å². The van der Waals surface area contributed by atoms with Crippen LogP contribution in [0.25, 0.3) is 0 Å². The molecule has 1 aliphatic heterocycles. The summed E-state index contributed by atoms with van der Waals surface area (Å²) in [6.07, 6.45) is 2.93. The van der Waals surface area contributed by atoms with Gasteiger partial charge < -0.3 is 10.6 Å². The first-order valence-corrected chi connectivity index (χ1v) is 6.34. The lowest BCUT2D eigenvalue weighted by atomic mass is 10.0. The van der Waals surface area contributed by atoms with E-state index in [0.29, 0.717) is 18.5 Å². The minimum atomic E-state index is 0.171. The number of hydrogen-bond donors (Lipinski definition) is 2. The van der Waals surface area contributed by atoms with Crippen molar-refractivity contribution in [3.63, 3.8) is 0 Å². The Kier molecular flexibility index (Phi) is 2.63. The molecule has 1 saturated heterocycles. The van der Waals surface area contributed by atoms with E-state index in [1.807, 2.05) is 0 Å². The van der Waals surface area contributed by atoms with E-state index in [2.05, 4.69) is 35.8 Å². The molecule has 2 atom stereocenters. The molecule has 2 N–H and O–H groups in total. The topological polar surface area (TPSA) is 41.1 Å². The van der Waals surface area contributed by atoms with E-state index in [0.717, 1.165) is 19.4 Å². The Hall–Kier alpha value is -1.35. The third-order valence-electron chi connectivity index (χ3n) is 3.79. The summed E-state index contributed by atoms with van der Waals surface area (Å²) in [5.74, 6) is 0.171. The summed E-state index contributed by atoms with van der Waals surface area (Å²) in [6.45, 7) is 2.91. The van der Waals surface area contributed by atoms with Crippen LogP contribution in [0.2, 0.25) is 0 Å². The van der Waals surface area contributed by atoms with E-state index in [1.54, 1.807) is 0 Å². The molecule has 2 aliphatic rings. The van der Waals surface area contributed by atoms with Gasteiger partial charge in [0.15, 0.2) is 0 Å². The van der Waals surface area contributed by atoms with Crippen LogP contribution in [0.4, 0.5) is 0 Å². The quantitative estimate of drug-likeness (QED) is 0.807. The van der Waals surface area contributed by atoms with Gasteiger partial charge in [-0.05, 0) is 30.9 Å². The van der Waals surface area contributed by atoms with E-state index in [4.69, 9.17) is 0 Å². The molecule has 3 rings (SSSR count). The van der Waals surface area contributed by atoms with E-state index >= 15 is 0 Å². The van der Waals surface area contributed by atoms with Gasteiger partial charge in [0.25, 0.3) is 0 Å². The van der Waals surface area contributed by atoms with Gasteiger partial charge >= 0.3 is 0 Å². The van der Waals surface area contributed by atoms with Crippen LogP contribution in [-0.2, 0) is 11.2 Å². The highest BCUT2D eigenvalue weighted by Crippen LogP contribution is 2.32. The zero-order valence-electron chi connectivity index (χ0n) is 10.1. The van der Waals surface area contributed by atoms with Crippen LogP contribution in [-0.4, -0.2) is 18.5 Å². The zero-order chi connectivity index (χ0) is 11.8. The standard InChI is InChI=1S/C14H18N2O/c1-9-2-3-10-4-5-13(12(10)6-9)16-11-7-14(17)15-8-11/h2-3,6,11,13,16H,4-5,7-8H2,1H3,(H,15,17). The molecule has 0 saturated carbocycles. The SMILES string of the molecule is Cc1ccc2c(c1)C(NC1CNC(=O)C1)CC2. The average molecular weight is 230 g/mol. The largest absolute Gasteiger partial charge is 0.354 e. The van der Waals surface area contributed by atoms with Crippen molar-refractivity contribution in [2.45, 2.75) is 38.3 Å². The lowest BCUT2D eigenvalue weighted by Gasteiger charge is -2.18. The van der Waals surface area contributed by atoms with E-state index in [9.17, 15) is 4.79 Å². The van der Waals surface area contributed by atoms with Crippen molar-refractivity contribution in [1.29, 1.82) is 0 Å². The summed E-state index contributed by atoms with van der Waals surface area (Å²) in [7, 11) is 0. The fraction of sp³-hybridized carbons (Fsp3) is 0.500. The monoisotopic (exact) mass is 230 g/mol. The molecule has 0 bridgehead atoms. The third kappa shape index (κ3) is 2.07. The maximum atomic E-state index is 11.2. The number of rotatable bonds is 2. The second-order valence-electron chi connectivity index (χ2n) is 5.17. The second kappa shape index (κ2) is 4.15. The Morgan fingerprint density at radius 2 is 2.29 bits per heavy atom. The van der Waals surface area contributed by atoms with Gasteiger partial charge in [-0.1, -0.05) is 23.8 Å². The highest BCUT2D eigenvalue weighted by Gasteiger charge is 2.28. The van der Waals surface area contributed by atoms with Gasteiger partial charge in [0, 0.05) is 25.0 Å². The van der Waals surface area contributed by atoms with Crippen LogP contribution in [0.3, 0.4) is 0 Å². The predicted molar refractivity (Wildman–Crippen MR) is 66.8 cm³/mol. The van der Waals surface area contributed by atoms with Crippen molar-refractivity contribution >= 4 is 5.91 Å². The van der Waals surface area contributed by atoms with Crippen molar-refractivity contribution in [1.82, 2.24) is 10.6 Å². The number of fused-ring (bicyclic) bond motifs is 1. The molecule has 1 aromatic carbocycles. The number of carbonyl (C=O) groups is 1. The Balaban J connectivity index is 1.75. The molecule has 3 heteroatoms. The van der Waals surface area contributed by atoms with Gasteiger partial charge in [-0.3, -0.25) is 4.79 Å². The molecular weight excluding hydrogens is 212 g/mol. The molecular formula is C14H18N2O. The summed E-state index contributed by atoms with van der Waals surface area (Å²) in [6, 6.07) is 7.44. The summed E-state index contributed by atoms with van der Waals surface area (Å²) >= 11 is 0. The zero-order valence-corrected chi connectivity index (χ0v) is 10.1. The molecule has 3 nitrogen and oxygen atoms in total. The first-order valence-electron chi connectivity index (χ1n) is 6.34. The minimum absolute atomic E-state index is 0.171. The lowest BCUT2D eigenvalue weighted by molar-refractivity contribution is -0.119. The van der Waals surface area contributed by atoms with Gasteiger partial charge in [0.1, 0.15) is 0 Å². The molecule has 1 aliphatic carbocycles. The summed E-state index contributed by atoms with van der Waals surface area (Å²) in [4.78, 5) is 11.2. The number of amides is 1. The predicted octanol–water partition coefficient (Wildman–Crippen LogP) is 1.46. The molecule has 90 valence electrons. The van der Waals surface area contributed by atoms with Crippen LogP contribution in [0.1, 0.15) is 35.6 Å². The maximum Gasteiger partial charge on any atom is 0.221 e. The Morgan fingerprint density at radius 1 is 1.41 bits per heavy atom. The van der Waals surface area contributed by atoms with Crippen LogP contribution in [0.5, 0.6) is 0 Å². The van der Waals surface area contributed by atoms with Crippen molar-refractivity contribution in [3.8, 4) is 0 Å². The van der Waals surface area contributed by atoms with Crippen LogP contribution in [0, 0.1) is 6.92 Å². The van der Waals surface area contributed by atoms with Crippen molar-refractivity contribution in [2.75, 3.05) is 6.54 Å². The highest BCUT2D eigenvalue weighted by atomic mass is 16.1. The van der Waals surface area contributed by atoms with Gasteiger partial charge in [0.2, 0.25) is 5.91 Å². The number of aryl methyl sites for hydroxylation is 2. The van der Waals surface area contributed by atoms with Crippen LogP contribution >= 0.6 is 0 Å². The van der Waals surface area contributed by atoms with E-state index in [-0.39, 0.29) is 5.91 Å². The number of nitrogens with one attached hydrogen (secondary N) is 2. The summed E-state index contributed by atoms with van der Waals surface area (Å²) in [5.41, 5.74) is 4.22. The fourth-order valence-electron chi connectivity index (χ4n) is 2.90. The first kappa shape index (κ1) is 10.8. The number of benzene rings is 1. The molecule has 17 heavy (non-hydrogen) atoms. The summed E-state index contributed by atoms with van der Waals surface area (Å²) < 4.78 is 0. The molecule has 1 aromatic rings. The lowest BCUT2D eigenvalue weighted by Crippen LogP contribution is -2.33. The Labute approximate surface area is 102 Å². The van der Waals surface area contributed by atoms with E-state index < -0.39 is 0 Å².